The molecule has 1 N–H and O–H groups in total. The summed E-state index contributed by atoms with van der Waals surface area (Å²) in [5, 5.41) is 10.6. The van der Waals surface area contributed by atoms with Gasteiger partial charge in [0.2, 0.25) is 5.12 Å². The first kappa shape index (κ1) is 24.5. The predicted molar refractivity (Wildman–Crippen MR) is 116 cm³/mol. The van der Waals surface area contributed by atoms with E-state index in [9.17, 15) is 23.9 Å². The fraction of sp³-hybridized carbons (Fsp3) is 0.708. The minimum absolute atomic E-state index is 0.0118. The van der Waals surface area contributed by atoms with Gasteiger partial charge in [0.05, 0.1) is 6.10 Å². The van der Waals surface area contributed by atoms with Crippen molar-refractivity contribution in [2.75, 3.05) is 6.01 Å². The number of thioether (sulfide) groups is 1. The number of carbonyl (C=O) groups is 3. The number of ketones is 1. The molecule has 0 amide bonds. The van der Waals surface area contributed by atoms with Crippen molar-refractivity contribution < 1.29 is 37.4 Å². The van der Waals surface area contributed by atoms with E-state index in [4.69, 9.17) is 4.74 Å². The number of ether oxygens (including phenoxy) is 1. The second-order valence-corrected chi connectivity index (χ2v) is 11.2. The van der Waals surface area contributed by atoms with Crippen molar-refractivity contribution in [1.29, 1.82) is 0 Å². The van der Waals surface area contributed by atoms with Crippen molar-refractivity contribution in [2.45, 2.75) is 70.5 Å². The van der Waals surface area contributed by atoms with Crippen molar-refractivity contribution in [3.8, 4) is 0 Å². The van der Waals surface area contributed by atoms with Crippen LogP contribution in [0.15, 0.2) is 23.8 Å². The molecule has 4 rings (SSSR count). The first-order chi connectivity index (χ1) is 15.3. The second kappa shape index (κ2) is 7.70. The Labute approximate surface area is 195 Å². The van der Waals surface area contributed by atoms with Gasteiger partial charge in [-0.25, -0.2) is 13.2 Å². The van der Waals surface area contributed by atoms with Gasteiger partial charge in [-0.05, 0) is 61.6 Å². The lowest BCUT2D eigenvalue weighted by molar-refractivity contribution is -0.228. The van der Waals surface area contributed by atoms with Crippen LogP contribution in [0, 0.1) is 28.6 Å². The van der Waals surface area contributed by atoms with Gasteiger partial charge in [-0.15, -0.1) is 0 Å². The molecule has 0 aliphatic heterocycles. The summed E-state index contributed by atoms with van der Waals surface area (Å²) in [5.41, 5.74) is -6.84. The summed E-state index contributed by atoms with van der Waals surface area (Å²) >= 11 is 0.385. The van der Waals surface area contributed by atoms with Crippen molar-refractivity contribution in [3.63, 3.8) is 0 Å². The van der Waals surface area contributed by atoms with Crippen LogP contribution in [0.4, 0.5) is 13.2 Å². The molecule has 0 aromatic heterocycles. The number of allylic oxidation sites excluding steroid dienone is 4. The van der Waals surface area contributed by atoms with E-state index >= 15 is 8.78 Å². The minimum Gasteiger partial charge on any atom is -0.449 e. The first-order valence-corrected chi connectivity index (χ1v) is 12.2. The summed E-state index contributed by atoms with van der Waals surface area (Å²) in [5.74, 6) is -3.39. The van der Waals surface area contributed by atoms with Gasteiger partial charge in [0.1, 0.15) is 12.2 Å². The van der Waals surface area contributed by atoms with Crippen LogP contribution in [0.25, 0.3) is 0 Å². The number of hydrogen-bond acceptors (Lipinski definition) is 6. The lowest BCUT2D eigenvalue weighted by Gasteiger charge is -2.63. The highest BCUT2D eigenvalue weighted by atomic mass is 32.2. The molecular weight excluding hydrogens is 457 g/mol. The first-order valence-electron chi connectivity index (χ1n) is 11.2. The summed E-state index contributed by atoms with van der Waals surface area (Å²) in [4.78, 5) is 37.3. The van der Waals surface area contributed by atoms with Gasteiger partial charge in [0.25, 0.3) is 0 Å². The lowest BCUT2D eigenvalue weighted by Crippen LogP contribution is -2.70. The standard InChI is InChI=1S/C24H29F3O5S/c1-12-7-15-16-9-18(26)17-8-14(29)5-6-21(17,3)23(16,27)19(30)10-22(15,4)24(12,32-13(2)28)20(31)33-11-25/h5-6,8,12,15-16,18-19,30H,7,9-11H2,1-4H3/t12-,15+,16+,18+,19+,21-,22-,23-,24-/m1/s1. The Morgan fingerprint density at radius 2 is 1.94 bits per heavy atom. The summed E-state index contributed by atoms with van der Waals surface area (Å²) in [6.45, 7) is 5.99. The van der Waals surface area contributed by atoms with E-state index in [1.165, 1.54) is 19.1 Å². The van der Waals surface area contributed by atoms with Crippen LogP contribution in [0.5, 0.6) is 0 Å². The van der Waals surface area contributed by atoms with Gasteiger partial charge in [-0.3, -0.25) is 14.4 Å². The highest BCUT2D eigenvalue weighted by Crippen LogP contribution is 2.72. The normalized spacial score (nSPS) is 48.4. The Bertz CT molecular complexity index is 968. The molecule has 3 fully saturated rings. The second-order valence-electron chi connectivity index (χ2n) is 10.4. The van der Waals surface area contributed by atoms with E-state index in [0.29, 0.717) is 11.8 Å². The smallest absolute Gasteiger partial charge is 0.303 e. The van der Waals surface area contributed by atoms with Crippen LogP contribution in [-0.4, -0.2) is 51.5 Å². The minimum atomic E-state index is -2.30. The molecule has 0 bridgehead atoms. The van der Waals surface area contributed by atoms with Gasteiger partial charge in [0.15, 0.2) is 17.1 Å². The van der Waals surface area contributed by atoms with Crippen LogP contribution < -0.4 is 0 Å². The molecule has 0 radical (unpaired) electrons. The molecule has 3 saturated carbocycles. The van der Waals surface area contributed by atoms with Crippen LogP contribution in [0.2, 0.25) is 0 Å². The van der Waals surface area contributed by atoms with Gasteiger partial charge in [-0.1, -0.05) is 19.9 Å². The van der Waals surface area contributed by atoms with Crippen molar-refractivity contribution in [1.82, 2.24) is 0 Å². The van der Waals surface area contributed by atoms with Crippen molar-refractivity contribution >= 4 is 28.6 Å². The Kier molecular flexibility index (Phi) is 5.72. The average molecular weight is 487 g/mol. The monoisotopic (exact) mass is 486 g/mol. The fourth-order valence-electron chi connectivity index (χ4n) is 7.60. The summed E-state index contributed by atoms with van der Waals surface area (Å²) < 4.78 is 51.5. The molecule has 0 spiro atoms. The van der Waals surface area contributed by atoms with Crippen molar-refractivity contribution in [2.24, 2.45) is 28.6 Å². The molecule has 0 unspecified atom stereocenters. The number of fused-ring (bicyclic) bond motifs is 5. The molecule has 9 heteroatoms. The highest BCUT2D eigenvalue weighted by Gasteiger charge is 2.78. The number of esters is 1. The zero-order chi connectivity index (χ0) is 24.6. The molecular formula is C24H29F3O5S. The molecule has 0 heterocycles. The van der Waals surface area contributed by atoms with Crippen LogP contribution in [-0.2, 0) is 19.1 Å². The lowest BCUT2D eigenvalue weighted by atomic mass is 9.44. The number of aliphatic hydroxyl groups is 1. The Morgan fingerprint density at radius 3 is 2.55 bits per heavy atom. The molecule has 182 valence electrons. The van der Waals surface area contributed by atoms with Crippen LogP contribution in [0.1, 0.15) is 47.0 Å². The van der Waals surface area contributed by atoms with E-state index < -0.39 is 75.0 Å². The molecule has 9 atom stereocenters. The zero-order valence-electron chi connectivity index (χ0n) is 19.1. The van der Waals surface area contributed by atoms with E-state index in [0.717, 1.165) is 13.0 Å². The predicted octanol–water partition coefficient (Wildman–Crippen LogP) is 4.04. The third-order valence-corrected chi connectivity index (χ3v) is 9.64. The molecule has 4 aliphatic carbocycles. The Balaban J connectivity index is 1.88. The maximum absolute atomic E-state index is 17.2. The van der Waals surface area contributed by atoms with Gasteiger partial charge in [-0.2, -0.15) is 0 Å². The molecule has 0 aromatic carbocycles. The highest BCUT2D eigenvalue weighted by molar-refractivity contribution is 8.13. The SMILES string of the molecule is CC(=O)O[C@@]1(C(=O)SCF)[C@H](C)C[C@H]2[C@@H]3C[C@H](F)C4=CC(=O)C=C[C@@]4(C)[C@]3(F)[C@@H](O)C[C@]21C. The van der Waals surface area contributed by atoms with Gasteiger partial charge < -0.3 is 9.84 Å². The molecule has 5 nitrogen and oxygen atoms in total. The summed E-state index contributed by atoms with van der Waals surface area (Å²) in [7, 11) is 0. The van der Waals surface area contributed by atoms with E-state index in [-0.39, 0.29) is 24.8 Å². The molecule has 0 aromatic rings. The molecule has 33 heavy (non-hydrogen) atoms. The third-order valence-electron chi connectivity index (χ3n) is 8.96. The van der Waals surface area contributed by atoms with Crippen LogP contribution in [0.3, 0.4) is 0 Å². The maximum Gasteiger partial charge on any atom is 0.303 e. The van der Waals surface area contributed by atoms with E-state index in [2.05, 4.69) is 0 Å². The van der Waals surface area contributed by atoms with E-state index in [1.807, 2.05) is 0 Å². The number of alkyl halides is 3. The third kappa shape index (κ3) is 2.93. The quantitative estimate of drug-likeness (QED) is 0.607. The van der Waals surface area contributed by atoms with Crippen LogP contribution >= 0.6 is 11.8 Å². The molecule has 4 aliphatic rings. The zero-order valence-corrected chi connectivity index (χ0v) is 19.9. The fourth-order valence-corrected chi connectivity index (χ4v) is 8.39. The summed E-state index contributed by atoms with van der Waals surface area (Å²) in [6.07, 6.45) is 0.152. The number of halogens is 3. The van der Waals surface area contributed by atoms with Crippen molar-refractivity contribution in [3.05, 3.63) is 23.8 Å². The van der Waals surface area contributed by atoms with Gasteiger partial charge >= 0.3 is 5.97 Å². The topological polar surface area (TPSA) is 80.7 Å². The number of hydrogen-bond donors (Lipinski definition) is 1. The number of aliphatic hydroxyl groups excluding tert-OH is 1. The maximum atomic E-state index is 17.2. The van der Waals surface area contributed by atoms with E-state index in [1.54, 1.807) is 13.8 Å². The molecule has 0 saturated heterocycles. The average Bonchev–Trinajstić information content (AvgIpc) is 2.93. The number of carbonyl (C=O) groups excluding carboxylic acids is 3. The largest absolute Gasteiger partial charge is 0.449 e. The van der Waals surface area contributed by atoms with Gasteiger partial charge in [0, 0.05) is 29.6 Å². The number of rotatable bonds is 3. The Hall–Kier alpha value is -1.61. The summed E-state index contributed by atoms with van der Waals surface area (Å²) in [6, 6.07) is -1.02. The Morgan fingerprint density at radius 1 is 1.27 bits per heavy atom.